The van der Waals surface area contributed by atoms with E-state index in [4.69, 9.17) is 0 Å². The third kappa shape index (κ3) is 5.86. The smallest absolute Gasteiger partial charge is 0.220 e. The minimum atomic E-state index is 0.285. The second-order valence-corrected chi connectivity index (χ2v) is 15.1. The molecule has 3 heteroatoms. The van der Waals surface area contributed by atoms with E-state index < -0.39 is 0 Å². The Balaban J connectivity index is 1.24. The van der Waals surface area contributed by atoms with Crippen molar-refractivity contribution in [3.63, 3.8) is 0 Å². The summed E-state index contributed by atoms with van der Waals surface area (Å²) in [6.07, 6.45) is 20.3. The minimum absolute atomic E-state index is 0.285. The summed E-state index contributed by atoms with van der Waals surface area (Å²) in [6, 6.07) is 0. The number of fused-ring (bicyclic) bond motifs is 5. The molecular formula is C33H61N2O+. The zero-order valence-corrected chi connectivity index (χ0v) is 25.0. The zero-order valence-electron chi connectivity index (χ0n) is 25.0. The quantitative estimate of drug-likeness (QED) is 0.227. The van der Waals surface area contributed by atoms with Gasteiger partial charge in [-0.2, -0.15) is 0 Å². The molecule has 1 N–H and O–H groups in total. The summed E-state index contributed by atoms with van der Waals surface area (Å²) in [5.41, 5.74) is 1.17. The molecule has 0 saturated heterocycles. The highest BCUT2D eigenvalue weighted by Crippen LogP contribution is 2.68. The second-order valence-electron chi connectivity index (χ2n) is 15.1. The number of unbranched alkanes of at least 4 members (excludes halogenated alkanes) is 1. The molecule has 4 rings (SSSR count). The predicted molar refractivity (Wildman–Crippen MR) is 153 cm³/mol. The van der Waals surface area contributed by atoms with Gasteiger partial charge in [0.1, 0.15) is 0 Å². The number of amides is 1. The lowest BCUT2D eigenvalue weighted by Gasteiger charge is -2.61. The van der Waals surface area contributed by atoms with Gasteiger partial charge in [-0.1, -0.05) is 47.0 Å². The van der Waals surface area contributed by atoms with E-state index in [9.17, 15) is 4.79 Å². The van der Waals surface area contributed by atoms with Crippen LogP contribution in [-0.2, 0) is 4.79 Å². The molecule has 1 amide bonds. The van der Waals surface area contributed by atoms with Crippen LogP contribution in [-0.4, -0.2) is 44.1 Å². The van der Waals surface area contributed by atoms with Crippen LogP contribution in [0.25, 0.3) is 0 Å². The summed E-state index contributed by atoms with van der Waals surface area (Å²) in [5, 5.41) is 3.24. The summed E-state index contributed by atoms with van der Waals surface area (Å²) in [7, 11) is 4.65. The van der Waals surface area contributed by atoms with Gasteiger partial charge >= 0.3 is 0 Å². The molecule has 8 atom stereocenters. The Morgan fingerprint density at radius 3 is 2.44 bits per heavy atom. The van der Waals surface area contributed by atoms with E-state index in [2.05, 4.69) is 47.1 Å². The van der Waals surface area contributed by atoms with Crippen molar-refractivity contribution in [3.8, 4) is 0 Å². The average Bonchev–Trinajstić information content (AvgIpc) is 3.21. The van der Waals surface area contributed by atoms with Crippen LogP contribution >= 0.6 is 0 Å². The van der Waals surface area contributed by atoms with Gasteiger partial charge in [0.25, 0.3) is 0 Å². The number of nitrogens with one attached hydrogen (secondary N) is 1. The lowest BCUT2D eigenvalue weighted by atomic mass is 9.44. The molecular weight excluding hydrogens is 440 g/mol. The summed E-state index contributed by atoms with van der Waals surface area (Å²) in [5.74, 6) is 5.74. The van der Waals surface area contributed by atoms with Crippen LogP contribution in [0.3, 0.4) is 0 Å². The van der Waals surface area contributed by atoms with Crippen LogP contribution in [0.2, 0.25) is 0 Å². The number of carbonyl (C=O) groups is 1. The molecule has 0 aromatic carbocycles. The molecule has 0 spiro atoms. The van der Waals surface area contributed by atoms with Crippen molar-refractivity contribution in [3.05, 3.63) is 0 Å². The first-order valence-electron chi connectivity index (χ1n) is 16.2. The fourth-order valence-corrected chi connectivity index (χ4v) is 10.4. The van der Waals surface area contributed by atoms with Gasteiger partial charge < -0.3 is 9.80 Å². The Morgan fingerprint density at radius 1 is 0.917 bits per heavy atom. The number of carbonyl (C=O) groups excluding carboxylic acids is 1. The molecule has 3 nitrogen and oxygen atoms in total. The molecule has 0 bridgehead atoms. The Bertz CT molecular complexity index is 733. The van der Waals surface area contributed by atoms with Gasteiger partial charge in [-0.05, 0) is 111 Å². The monoisotopic (exact) mass is 501 g/mol. The highest BCUT2D eigenvalue weighted by molar-refractivity contribution is 5.75. The van der Waals surface area contributed by atoms with E-state index in [1.165, 1.54) is 83.6 Å². The standard InChI is InChI=1S/C33H60N2O/c1-7-8-23-35(5,6)24-11-22-34-31(36)18-13-25(2)28-16-17-29-27-15-14-26-12-9-10-20-32(26,3)30(27)19-21-33(28,29)4/h25-30H,7-24H2,1-6H3/p+1/t25-,26?,27+,28-,29+,30+,32+,33-/m1/s1. The fraction of sp³-hybridized carbons (Fsp3) is 0.970. The van der Waals surface area contributed by atoms with Crippen molar-refractivity contribution in [2.24, 2.45) is 46.3 Å². The lowest BCUT2D eigenvalue weighted by Crippen LogP contribution is -2.53. The van der Waals surface area contributed by atoms with Crippen molar-refractivity contribution in [1.29, 1.82) is 0 Å². The summed E-state index contributed by atoms with van der Waals surface area (Å²) >= 11 is 0. The SMILES string of the molecule is CCCC[N+](C)(C)CCCNC(=O)CC[C@@H](C)[C@H]1CC[C@H]2[C@@H]3CCC4CCCC[C@]4(C)[C@H]3CC[C@]12C. The van der Waals surface area contributed by atoms with Gasteiger partial charge in [0.2, 0.25) is 5.91 Å². The molecule has 4 saturated carbocycles. The number of nitrogens with zero attached hydrogens (tertiary/aromatic N) is 1. The third-order valence-corrected chi connectivity index (χ3v) is 12.5. The van der Waals surface area contributed by atoms with Crippen molar-refractivity contribution in [2.75, 3.05) is 33.7 Å². The Hall–Kier alpha value is -0.570. The maximum absolute atomic E-state index is 12.7. The van der Waals surface area contributed by atoms with Crippen molar-refractivity contribution >= 4 is 5.91 Å². The number of rotatable bonds is 11. The molecule has 0 heterocycles. The summed E-state index contributed by atoms with van der Waals surface area (Å²) < 4.78 is 1.07. The van der Waals surface area contributed by atoms with Crippen LogP contribution in [0.1, 0.15) is 124 Å². The van der Waals surface area contributed by atoms with Gasteiger partial charge in [-0.25, -0.2) is 0 Å². The Morgan fingerprint density at radius 2 is 1.67 bits per heavy atom. The van der Waals surface area contributed by atoms with E-state index in [0.717, 1.165) is 66.4 Å². The van der Waals surface area contributed by atoms with Gasteiger partial charge in [-0.3, -0.25) is 4.79 Å². The molecule has 4 fully saturated rings. The van der Waals surface area contributed by atoms with Crippen LogP contribution in [0.4, 0.5) is 0 Å². The number of quaternary nitrogens is 1. The second kappa shape index (κ2) is 11.7. The first-order valence-corrected chi connectivity index (χ1v) is 16.2. The molecule has 36 heavy (non-hydrogen) atoms. The van der Waals surface area contributed by atoms with E-state index in [-0.39, 0.29) is 5.91 Å². The first-order chi connectivity index (χ1) is 17.1. The maximum Gasteiger partial charge on any atom is 0.220 e. The maximum atomic E-state index is 12.7. The van der Waals surface area contributed by atoms with E-state index in [1.54, 1.807) is 0 Å². The third-order valence-electron chi connectivity index (χ3n) is 12.5. The van der Waals surface area contributed by atoms with Crippen LogP contribution in [0, 0.1) is 46.3 Å². The molecule has 0 aromatic rings. The summed E-state index contributed by atoms with van der Waals surface area (Å²) in [6.45, 7) is 13.4. The highest BCUT2D eigenvalue weighted by atomic mass is 16.1. The van der Waals surface area contributed by atoms with Crippen molar-refractivity contribution < 1.29 is 9.28 Å². The molecule has 4 aliphatic rings. The molecule has 1 unspecified atom stereocenters. The molecule has 0 radical (unpaired) electrons. The van der Waals surface area contributed by atoms with Crippen molar-refractivity contribution in [2.45, 2.75) is 124 Å². The molecule has 0 aromatic heterocycles. The van der Waals surface area contributed by atoms with Crippen molar-refractivity contribution in [1.82, 2.24) is 5.32 Å². The largest absolute Gasteiger partial charge is 0.356 e. The first kappa shape index (κ1) is 28.4. The van der Waals surface area contributed by atoms with Gasteiger partial charge in [0, 0.05) is 19.4 Å². The lowest BCUT2D eigenvalue weighted by molar-refractivity contribution is -0.890. The van der Waals surface area contributed by atoms with Gasteiger partial charge in [0.15, 0.2) is 0 Å². The fourth-order valence-electron chi connectivity index (χ4n) is 10.4. The van der Waals surface area contributed by atoms with E-state index >= 15 is 0 Å². The highest BCUT2D eigenvalue weighted by Gasteiger charge is 2.60. The topological polar surface area (TPSA) is 29.1 Å². The van der Waals surface area contributed by atoms with Gasteiger partial charge in [0.05, 0.1) is 27.2 Å². The summed E-state index contributed by atoms with van der Waals surface area (Å²) in [4.78, 5) is 12.7. The molecule has 4 aliphatic carbocycles. The van der Waals surface area contributed by atoms with E-state index in [1.807, 2.05) is 0 Å². The van der Waals surface area contributed by atoms with Crippen LogP contribution < -0.4 is 5.32 Å². The molecule has 208 valence electrons. The average molecular weight is 502 g/mol. The number of hydrogen-bond acceptors (Lipinski definition) is 1. The minimum Gasteiger partial charge on any atom is -0.356 e. The zero-order chi connectivity index (χ0) is 26.0. The van der Waals surface area contributed by atoms with E-state index in [0.29, 0.717) is 16.7 Å². The van der Waals surface area contributed by atoms with Crippen LogP contribution in [0.5, 0.6) is 0 Å². The number of hydrogen-bond donors (Lipinski definition) is 1. The van der Waals surface area contributed by atoms with Gasteiger partial charge in [-0.15, -0.1) is 0 Å². The normalized spacial score (nSPS) is 39.1. The predicted octanol–water partition coefficient (Wildman–Crippen LogP) is 7.83. The molecule has 0 aliphatic heterocycles. The van der Waals surface area contributed by atoms with Crippen LogP contribution in [0.15, 0.2) is 0 Å². The Labute approximate surface area is 224 Å². The Kier molecular flexibility index (Phi) is 9.22.